The second-order valence-electron chi connectivity index (χ2n) is 4.25. The summed E-state index contributed by atoms with van der Waals surface area (Å²) in [5.74, 6) is 0.494. The van der Waals surface area contributed by atoms with Crippen LogP contribution in [0.2, 0.25) is 0 Å². The van der Waals surface area contributed by atoms with Gasteiger partial charge in [0.25, 0.3) is 5.56 Å². The van der Waals surface area contributed by atoms with Gasteiger partial charge < -0.3 is 5.73 Å². The van der Waals surface area contributed by atoms with E-state index in [1.54, 1.807) is 15.9 Å². The molecule has 5 heteroatoms. The molecule has 3 nitrogen and oxygen atoms in total. The van der Waals surface area contributed by atoms with Crippen molar-refractivity contribution in [3.8, 4) is 0 Å². The van der Waals surface area contributed by atoms with Crippen molar-refractivity contribution in [3.05, 3.63) is 61.5 Å². The molecule has 0 aliphatic rings. The molecule has 96 valence electrons. The first-order valence-corrected chi connectivity index (χ1v) is 7.38. The summed E-state index contributed by atoms with van der Waals surface area (Å²) in [4.78, 5) is 13.5. The van der Waals surface area contributed by atoms with Gasteiger partial charge in [-0.15, -0.1) is 11.3 Å². The number of nitrogens with zero attached hydrogens (tertiary/aromatic N) is 1. The summed E-state index contributed by atoms with van der Waals surface area (Å²) >= 11 is 5.03. The number of hydrogen-bond donors (Lipinski definition) is 1. The summed E-state index contributed by atoms with van der Waals surface area (Å²) in [6, 6.07) is 13.3. The minimum atomic E-state index is -0.0416. The second-order valence-corrected chi connectivity index (χ2v) is 6.80. The predicted molar refractivity (Wildman–Crippen MR) is 83.7 cm³/mol. The van der Waals surface area contributed by atoms with Crippen molar-refractivity contribution in [2.45, 2.75) is 6.54 Å². The van der Waals surface area contributed by atoms with Crippen LogP contribution in [0.15, 0.2) is 51.0 Å². The Morgan fingerprint density at radius 1 is 1.21 bits per heavy atom. The third kappa shape index (κ3) is 2.31. The summed E-state index contributed by atoms with van der Waals surface area (Å²) in [5.41, 5.74) is 5.96. The smallest absolute Gasteiger partial charge is 0.260 e. The van der Waals surface area contributed by atoms with E-state index in [1.807, 2.05) is 42.5 Å². The van der Waals surface area contributed by atoms with E-state index in [1.165, 1.54) is 0 Å². The van der Waals surface area contributed by atoms with Crippen molar-refractivity contribution < 1.29 is 0 Å². The summed E-state index contributed by atoms with van der Waals surface area (Å²) in [6.07, 6.45) is 0. The van der Waals surface area contributed by atoms with Gasteiger partial charge >= 0.3 is 0 Å². The van der Waals surface area contributed by atoms with E-state index < -0.39 is 0 Å². The van der Waals surface area contributed by atoms with Crippen LogP contribution in [0.3, 0.4) is 0 Å². The number of aromatic nitrogens is 1. The van der Waals surface area contributed by atoms with Crippen LogP contribution in [-0.2, 0) is 6.54 Å². The molecule has 0 aliphatic heterocycles. The average molecular weight is 335 g/mol. The van der Waals surface area contributed by atoms with Crippen molar-refractivity contribution in [1.29, 1.82) is 0 Å². The molecule has 0 saturated heterocycles. The molecule has 0 spiro atoms. The number of rotatable bonds is 2. The number of nitrogens with two attached hydrogens (primary N) is 1. The molecular weight excluding hydrogens is 324 g/mol. The normalized spacial score (nSPS) is 11.0. The van der Waals surface area contributed by atoms with Crippen LogP contribution in [0.1, 0.15) is 4.88 Å². The number of hydrogen-bond acceptors (Lipinski definition) is 3. The van der Waals surface area contributed by atoms with Gasteiger partial charge in [0.05, 0.1) is 10.3 Å². The van der Waals surface area contributed by atoms with E-state index >= 15 is 0 Å². The van der Waals surface area contributed by atoms with Gasteiger partial charge in [0.1, 0.15) is 5.82 Å². The highest BCUT2D eigenvalue weighted by Crippen LogP contribution is 2.23. The summed E-state index contributed by atoms with van der Waals surface area (Å²) in [7, 11) is 0. The quantitative estimate of drug-likeness (QED) is 0.780. The van der Waals surface area contributed by atoms with Crippen molar-refractivity contribution in [3.63, 3.8) is 0 Å². The molecular formula is C14H11BrN2OS. The largest absolute Gasteiger partial charge is 0.385 e. The summed E-state index contributed by atoms with van der Waals surface area (Å²) < 4.78 is 2.66. The molecule has 0 bridgehead atoms. The summed E-state index contributed by atoms with van der Waals surface area (Å²) in [5, 5.41) is 1.58. The van der Waals surface area contributed by atoms with Crippen LogP contribution in [0.5, 0.6) is 0 Å². The first-order valence-electron chi connectivity index (χ1n) is 5.77. The van der Waals surface area contributed by atoms with Crippen molar-refractivity contribution in [2.75, 3.05) is 5.73 Å². The maximum atomic E-state index is 12.4. The molecule has 0 aliphatic carbocycles. The highest BCUT2D eigenvalue weighted by atomic mass is 79.9. The van der Waals surface area contributed by atoms with Crippen LogP contribution in [-0.4, -0.2) is 4.57 Å². The van der Waals surface area contributed by atoms with E-state index in [9.17, 15) is 4.79 Å². The van der Waals surface area contributed by atoms with Gasteiger partial charge in [0, 0.05) is 10.3 Å². The van der Waals surface area contributed by atoms with Gasteiger partial charge in [0.2, 0.25) is 0 Å². The minimum Gasteiger partial charge on any atom is -0.385 e. The van der Waals surface area contributed by atoms with Crippen LogP contribution in [0, 0.1) is 0 Å². The molecule has 0 atom stereocenters. The number of benzene rings is 1. The summed E-state index contributed by atoms with van der Waals surface area (Å²) in [6.45, 7) is 0.506. The average Bonchev–Trinajstić information content (AvgIpc) is 2.80. The SMILES string of the molecule is Nc1cc2ccccc2c(=O)n1Cc1ccc(Br)s1. The van der Waals surface area contributed by atoms with E-state index in [0.717, 1.165) is 14.0 Å². The maximum absolute atomic E-state index is 12.4. The molecule has 3 aromatic rings. The Morgan fingerprint density at radius 3 is 2.74 bits per heavy atom. The van der Waals surface area contributed by atoms with Gasteiger partial charge in [-0.05, 0) is 45.6 Å². The van der Waals surface area contributed by atoms with E-state index in [0.29, 0.717) is 17.7 Å². The zero-order chi connectivity index (χ0) is 13.4. The molecule has 0 amide bonds. The zero-order valence-electron chi connectivity index (χ0n) is 9.97. The third-order valence-corrected chi connectivity index (χ3v) is 4.60. The van der Waals surface area contributed by atoms with E-state index in [-0.39, 0.29) is 5.56 Å². The Morgan fingerprint density at radius 2 is 2.00 bits per heavy atom. The van der Waals surface area contributed by atoms with Crippen LogP contribution in [0.4, 0.5) is 5.82 Å². The molecule has 0 radical (unpaired) electrons. The minimum absolute atomic E-state index is 0.0416. The van der Waals surface area contributed by atoms with Gasteiger partial charge in [0.15, 0.2) is 0 Å². The lowest BCUT2D eigenvalue weighted by atomic mass is 10.1. The Bertz CT molecular complexity index is 807. The predicted octanol–water partition coefficient (Wildman–Crippen LogP) is 3.46. The van der Waals surface area contributed by atoms with Crippen molar-refractivity contribution in [1.82, 2.24) is 4.57 Å². The second kappa shape index (κ2) is 4.83. The first-order chi connectivity index (χ1) is 9.15. The highest BCUT2D eigenvalue weighted by Gasteiger charge is 2.08. The molecule has 2 heterocycles. The van der Waals surface area contributed by atoms with E-state index in [2.05, 4.69) is 15.9 Å². The van der Waals surface area contributed by atoms with Gasteiger partial charge in [-0.2, -0.15) is 0 Å². The zero-order valence-corrected chi connectivity index (χ0v) is 12.4. The Hall–Kier alpha value is -1.59. The number of anilines is 1. The fraction of sp³-hybridized carbons (Fsp3) is 0.0714. The molecule has 2 N–H and O–H groups in total. The molecule has 0 fully saturated rings. The topological polar surface area (TPSA) is 48.0 Å². The lowest BCUT2D eigenvalue weighted by molar-refractivity contribution is 0.792. The maximum Gasteiger partial charge on any atom is 0.260 e. The van der Waals surface area contributed by atoms with Crippen molar-refractivity contribution in [2.24, 2.45) is 0 Å². The fourth-order valence-electron chi connectivity index (χ4n) is 2.07. The number of nitrogen functional groups attached to an aromatic ring is 1. The Labute approximate surface area is 122 Å². The molecule has 1 aromatic carbocycles. The number of fused-ring (bicyclic) bond motifs is 1. The van der Waals surface area contributed by atoms with Crippen LogP contribution < -0.4 is 11.3 Å². The van der Waals surface area contributed by atoms with Gasteiger partial charge in [-0.1, -0.05) is 18.2 Å². The lowest BCUT2D eigenvalue weighted by Crippen LogP contribution is -2.23. The Balaban J connectivity index is 2.15. The molecule has 0 saturated carbocycles. The third-order valence-electron chi connectivity index (χ3n) is 2.99. The Kier molecular flexibility index (Phi) is 3.16. The van der Waals surface area contributed by atoms with E-state index in [4.69, 9.17) is 5.73 Å². The first kappa shape index (κ1) is 12.4. The number of pyridine rings is 1. The van der Waals surface area contributed by atoms with Crippen LogP contribution >= 0.6 is 27.3 Å². The van der Waals surface area contributed by atoms with Gasteiger partial charge in [-0.3, -0.25) is 9.36 Å². The molecule has 3 rings (SSSR count). The fourth-order valence-corrected chi connectivity index (χ4v) is 3.55. The van der Waals surface area contributed by atoms with Crippen LogP contribution in [0.25, 0.3) is 10.8 Å². The van der Waals surface area contributed by atoms with Gasteiger partial charge in [-0.25, -0.2) is 0 Å². The lowest BCUT2D eigenvalue weighted by Gasteiger charge is -2.10. The molecule has 0 unspecified atom stereocenters. The van der Waals surface area contributed by atoms with Crippen molar-refractivity contribution >= 4 is 43.9 Å². The monoisotopic (exact) mass is 334 g/mol. The highest BCUT2D eigenvalue weighted by molar-refractivity contribution is 9.11. The molecule has 19 heavy (non-hydrogen) atoms. The number of halogens is 1. The molecule has 2 aromatic heterocycles. The number of thiophene rings is 1. The standard InChI is InChI=1S/C14H11BrN2OS/c15-12-6-5-10(19-12)8-17-13(16)7-9-3-1-2-4-11(9)14(17)18/h1-7H,8,16H2.